The van der Waals surface area contributed by atoms with Gasteiger partial charge in [0.2, 0.25) is 0 Å². The van der Waals surface area contributed by atoms with E-state index in [4.69, 9.17) is 9.47 Å². The smallest absolute Gasteiger partial charge is 0.413 e. The maximum atomic E-state index is 13.1. The number of hydrogen-bond acceptors (Lipinski definition) is 3. The molecule has 1 heterocycles. The maximum Gasteiger partial charge on any atom is 0.413 e. The van der Waals surface area contributed by atoms with Gasteiger partial charge in [-0.2, -0.15) is 0 Å². The molecule has 1 fully saturated rings. The first-order valence-corrected chi connectivity index (χ1v) is 9.46. The molecule has 0 spiro atoms. The molecule has 0 unspecified atom stereocenters. The molecule has 27 heavy (non-hydrogen) atoms. The summed E-state index contributed by atoms with van der Waals surface area (Å²) >= 11 is 0. The van der Waals surface area contributed by atoms with E-state index in [1.807, 2.05) is 83.1 Å². The van der Waals surface area contributed by atoms with Gasteiger partial charge < -0.3 is 9.47 Å². The number of carbonyl (C=O) groups excluding carboxylic acids is 1. The van der Waals surface area contributed by atoms with E-state index in [0.717, 1.165) is 12.0 Å². The van der Waals surface area contributed by atoms with E-state index in [0.29, 0.717) is 0 Å². The second kappa shape index (κ2) is 7.35. The van der Waals surface area contributed by atoms with Gasteiger partial charge in [-0.1, -0.05) is 60.7 Å². The Hall–Kier alpha value is -2.33. The van der Waals surface area contributed by atoms with Crippen LogP contribution in [0.3, 0.4) is 0 Å². The molecule has 0 N–H and O–H groups in total. The summed E-state index contributed by atoms with van der Waals surface area (Å²) in [5.74, 6) is 0. The van der Waals surface area contributed by atoms with Crippen molar-refractivity contribution < 1.29 is 14.3 Å². The van der Waals surface area contributed by atoms with Crippen LogP contribution in [-0.2, 0) is 15.9 Å². The zero-order chi connectivity index (χ0) is 19.7. The van der Waals surface area contributed by atoms with E-state index in [-0.39, 0.29) is 18.2 Å². The number of hydrogen-bond donors (Lipinski definition) is 0. The molecule has 2 aromatic rings. The average molecular weight is 367 g/mol. The molecule has 0 radical (unpaired) electrons. The molecule has 1 amide bonds. The first-order chi connectivity index (χ1) is 12.7. The Morgan fingerprint density at radius 2 is 1.59 bits per heavy atom. The Bertz CT molecular complexity index is 765. The Kier molecular flexibility index (Phi) is 5.29. The third kappa shape index (κ3) is 4.51. The minimum atomic E-state index is -0.762. The summed E-state index contributed by atoms with van der Waals surface area (Å²) in [6, 6.07) is 20.1. The summed E-state index contributed by atoms with van der Waals surface area (Å²) in [6.07, 6.45) is 0.220. The Morgan fingerprint density at radius 1 is 1.04 bits per heavy atom. The minimum Gasteiger partial charge on any atom is -0.444 e. The van der Waals surface area contributed by atoms with Crippen LogP contribution in [0.15, 0.2) is 60.7 Å². The SMILES string of the molecule is CC(C)(C)OC(=O)N1[C@H](c2ccccc2)[C@@H](Cc2ccccc2)OC1(C)C. The Morgan fingerprint density at radius 3 is 2.15 bits per heavy atom. The largest absolute Gasteiger partial charge is 0.444 e. The molecule has 3 rings (SSSR count). The van der Waals surface area contributed by atoms with Crippen molar-refractivity contribution in [3.8, 4) is 0 Å². The molecule has 4 heteroatoms. The van der Waals surface area contributed by atoms with Gasteiger partial charge in [0, 0.05) is 6.42 Å². The number of nitrogens with zero attached hydrogens (tertiary/aromatic N) is 1. The summed E-state index contributed by atoms with van der Waals surface area (Å²) in [5.41, 5.74) is 0.911. The second-order valence-corrected chi connectivity index (χ2v) is 8.50. The van der Waals surface area contributed by atoms with E-state index in [2.05, 4.69) is 12.1 Å². The lowest BCUT2D eigenvalue weighted by molar-refractivity contribution is -0.0785. The fourth-order valence-electron chi connectivity index (χ4n) is 3.65. The lowest BCUT2D eigenvalue weighted by atomic mass is 9.95. The fourth-order valence-corrected chi connectivity index (χ4v) is 3.65. The number of amides is 1. The topological polar surface area (TPSA) is 38.8 Å². The number of benzene rings is 2. The molecular formula is C23H29NO3. The molecule has 0 aromatic heterocycles. The molecule has 2 atom stereocenters. The summed E-state index contributed by atoms with van der Waals surface area (Å²) in [4.78, 5) is 14.8. The van der Waals surface area contributed by atoms with Gasteiger partial charge in [0.1, 0.15) is 11.3 Å². The van der Waals surface area contributed by atoms with Crippen LogP contribution in [0.1, 0.15) is 51.8 Å². The van der Waals surface area contributed by atoms with E-state index in [1.54, 1.807) is 4.90 Å². The highest BCUT2D eigenvalue weighted by Gasteiger charge is 2.51. The summed E-state index contributed by atoms with van der Waals surface area (Å²) in [5, 5.41) is 0. The second-order valence-electron chi connectivity index (χ2n) is 8.50. The predicted octanol–water partition coefficient (Wildman–Crippen LogP) is 5.34. The van der Waals surface area contributed by atoms with Crippen molar-refractivity contribution in [2.45, 2.75) is 64.5 Å². The highest BCUT2D eigenvalue weighted by molar-refractivity contribution is 5.70. The zero-order valence-corrected chi connectivity index (χ0v) is 16.8. The van der Waals surface area contributed by atoms with E-state index >= 15 is 0 Å². The maximum absolute atomic E-state index is 13.1. The van der Waals surface area contributed by atoms with E-state index in [9.17, 15) is 4.79 Å². The molecule has 2 aromatic carbocycles. The van der Waals surface area contributed by atoms with Crippen molar-refractivity contribution >= 4 is 6.09 Å². The summed E-state index contributed by atoms with van der Waals surface area (Å²) < 4.78 is 12.1. The van der Waals surface area contributed by atoms with Gasteiger partial charge in [-0.3, -0.25) is 4.90 Å². The van der Waals surface area contributed by atoms with Crippen LogP contribution < -0.4 is 0 Å². The van der Waals surface area contributed by atoms with Crippen LogP contribution in [0.2, 0.25) is 0 Å². The highest BCUT2D eigenvalue weighted by Crippen LogP contribution is 2.43. The normalized spacial score (nSPS) is 21.9. The summed E-state index contributed by atoms with van der Waals surface area (Å²) in [6.45, 7) is 9.51. The van der Waals surface area contributed by atoms with Gasteiger partial charge >= 0.3 is 6.09 Å². The highest BCUT2D eigenvalue weighted by atomic mass is 16.6. The lowest BCUT2D eigenvalue weighted by Crippen LogP contribution is -2.47. The Balaban J connectivity index is 1.98. The molecule has 0 bridgehead atoms. The third-order valence-corrected chi connectivity index (χ3v) is 4.66. The molecule has 0 saturated carbocycles. The first-order valence-electron chi connectivity index (χ1n) is 9.46. The van der Waals surface area contributed by atoms with Gasteiger partial charge in [-0.25, -0.2) is 4.79 Å². The van der Waals surface area contributed by atoms with Crippen molar-refractivity contribution in [1.82, 2.24) is 4.90 Å². The van der Waals surface area contributed by atoms with Crippen LogP contribution in [0.4, 0.5) is 4.79 Å². The Labute approximate surface area is 162 Å². The van der Waals surface area contributed by atoms with Crippen LogP contribution in [-0.4, -0.2) is 28.4 Å². The van der Waals surface area contributed by atoms with Gasteiger partial charge in [0.15, 0.2) is 0 Å². The molecule has 0 aliphatic carbocycles. The van der Waals surface area contributed by atoms with Crippen LogP contribution in [0.25, 0.3) is 0 Å². The predicted molar refractivity (Wildman–Crippen MR) is 106 cm³/mol. The van der Waals surface area contributed by atoms with Gasteiger partial charge in [0.05, 0.1) is 12.1 Å². The van der Waals surface area contributed by atoms with Crippen molar-refractivity contribution in [3.63, 3.8) is 0 Å². The van der Waals surface area contributed by atoms with E-state index < -0.39 is 11.3 Å². The van der Waals surface area contributed by atoms with Crippen LogP contribution >= 0.6 is 0 Å². The van der Waals surface area contributed by atoms with Gasteiger partial charge in [0.25, 0.3) is 0 Å². The van der Waals surface area contributed by atoms with Crippen LogP contribution in [0, 0.1) is 0 Å². The molecule has 4 nitrogen and oxygen atoms in total. The van der Waals surface area contributed by atoms with Gasteiger partial charge in [-0.05, 0) is 45.7 Å². The van der Waals surface area contributed by atoms with Gasteiger partial charge in [-0.15, -0.1) is 0 Å². The first kappa shape index (κ1) is 19.4. The fraction of sp³-hybridized carbons (Fsp3) is 0.435. The van der Waals surface area contributed by atoms with E-state index in [1.165, 1.54) is 5.56 Å². The third-order valence-electron chi connectivity index (χ3n) is 4.66. The average Bonchev–Trinajstić information content (AvgIpc) is 2.85. The molecule has 1 saturated heterocycles. The monoisotopic (exact) mass is 367 g/mol. The minimum absolute atomic E-state index is 0.155. The summed E-state index contributed by atoms with van der Waals surface area (Å²) in [7, 11) is 0. The van der Waals surface area contributed by atoms with Crippen molar-refractivity contribution in [2.75, 3.05) is 0 Å². The number of ether oxygens (including phenoxy) is 2. The standard InChI is InChI=1S/C23H29NO3/c1-22(2,3)27-21(25)24-20(18-14-10-7-11-15-18)19(26-23(24,4)5)16-17-12-8-6-9-13-17/h6-15,19-20H,16H2,1-5H3/t19-,20-/m1/s1. The van der Waals surface area contributed by atoms with Crippen molar-refractivity contribution in [3.05, 3.63) is 71.8 Å². The molecule has 1 aliphatic rings. The lowest BCUT2D eigenvalue weighted by Gasteiger charge is -2.35. The van der Waals surface area contributed by atoms with Crippen molar-refractivity contribution in [1.29, 1.82) is 0 Å². The van der Waals surface area contributed by atoms with Crippen molar-refractivity contribution in [2.24, 2.45) is 0 Å². The quantitative estimate of drug-likeness (QED) is 0.735. The molecule has 1 aliphatic heterocycles. The number of rotatable bonds is 3. The number of carbonyl (C=O) groups is 1. The van der Waals surface area contributed by atoms with Crippen LogP contribution in [0.5, 0.6) is 0 Å². The zero-order valence-electron chi connectivity index (χ0n) is 16.8. The molecule has 144 valence electrons. The molecular weight excluding hydrogens is 338 g/mol.